The lowest BCUT2D eigenvalue weighted by Gasteiger charge is -2.12. The summed E-state index contributed by atoms with van der Waals surface area (Å²) in [6.45, 7) is 1.78. The second kappa shape index (κ2) is 7.27. The van der Waals surface area contributed by atoms with Crippen molar-refractivity contribution in [3.05, 3.63) is 65.0 Å². The van der Waals surface area contributed by atoms with Crippen molar-refractivity contribution in [2.75, 3.05) is 5.32 Å². The summed E-state index contributed by atoms with van der Waals surface area (Å²) in [6.07, 6.45) is 1.48. The molecule has 1 amide bonds. The standard InChI is InChI=1S/C17H14N4O3S/c1-11(16(22)20-12-6-8-13(9-7-12)21(23)24)25-17-14-4-2-3-5-15(14)18-10-19-17/h2-11H,1H3,(H,20,22). The maximum atomic E-state index is 12.4. The van der Waals surface area contributed by atoms with Crippen molar-refractivity contribution in [3.63, 3.8) is 0 Å². The molecule has 0 spiro atoms. The maximum absolute atomic E-state index is 12.4. The fraction of sp³-hybridized carbons (Fsp3) is 0.118. The number of nitrogens with zero attached hydrogens (tertiary/aromatic N) is 3. The van der Waals surface area contributed by atoms with E-state index in [1.165, 1.54) is 42.4 Å². The number of rotatable bonds is 5. The molecule has 0 saturated carbocycles. The molecule has 1 N–H and O–H groups in total. The third kappa shape index (κ3) is 3.92. The predicted molar refractivity (Wildman–Crippen MR) is 96.6 cm³/mol. The average Bonchev–Trinajstić information content (AvgIpc) is 2.62. The number of fused-ring (bicyclic) bond motifs is 1. The lowest BCUT2D eigenvalue weighted by molar-refractivity contribution is -0.384. The average molecular weight is 354 g/mol. The Morgan fingerprint density at radius 1 is 1.16 bits per heavy atom. The normalized spacial score (nSPS) is 11.9. The van der Waals surface area contributed by atoms with E-state index in [0.29, 0.717) is 5.69 Å². The summed E-state index contributed by atoms with van der Waals surface area (Å²) in [4.78, 5) is 31.0. The minimum absolute atomic E-state index is 0.0205. The molecule has 1 unspecified atom stereocenters. The molecular formula is C17H14N4O3S. The number of hydrogen-bond acceptors (Lipinski definition) is 6. The second-order valence-electron chi connectivity index (χ2n) is 5.25. The molecule has 0 saturated heterocycles. The van der Waals surface area contributed by atoms with Crippen LogP contribution in [0.5, 0.6) is 0 Å². The highest BCUT2D eigenvalue weighted by Crippen LogP contribution is 2.28. The van der Waals surface area contributed by atoms with Crippen LogP contribution in [0.4, 0.5) is 11.4 Å². The molecule has 0 aliphatic heterocycles. The molecule has 2 aromatic carbocycles. The van der Waals surface area contributed by atoms with Crippen LogP contribution in [0, 0.1) is 10.1 Å². The molecule has 1 aromatic heterocycles. The van der Waals surface area contributed by atoms with Gasteiger partial charge in [-0.2, -0.15) is 0 Å². The number of carbonyl (C=O) groups is 1. The number of para-hydroxylation sites is 1. The summed E-state index contributed by atoms with van der Waals surface area (Å²) >= 11 is 1.34. The molecule has 126 valence electrons. The van der Waals surface area contributed by atoms with E-state index in [9.17, 15) is 14.9 Å². The van der Waals surface area contributed by atoms with E-state index in [1.54, 1.807) is 6.92 Å². The van der Waals surface area contributed by atoms with Gasteiger partial charge < -0.3 is 5.32 Å². The first kappa shape index (κ1) is 16.8. The van der Waals surface area contributed by atoms with Crippen molar-refractivity contribution in [3.8, 4) is 0 Å². The molecule has 3 aromatic rings. The molecule has 0 aliphatic carbocycles. The number of thioether (sulfide) groups is 1. The zero-order valence-electron chi connectivity index (χ0n) is 13.2. The first-order valence-electron chi connectivity index (χ1n) is 7.46. The van der Waals surface area contributed by atoms with E-state index < -0.39 is 10.2 Å². The zero-order chi connectivity index (χ0) is 17.8. The summed E-state index contributed by atoms with van der Waals surface area (Å²) in [5.41, 5.74) is 1.31. The van der Waals surface area contributed by atoms with Gasteiger partial charge in [-0.25, -0.2) is 9.97 Å². The molecule has 3 rings (SSSR count). The Morgan fingerprint density at radius 2 is 1.88 bits per heavy atom. The third-order valence-corrected chi connectivity index (χ3v) is 4.63. The Bertz CT molecular complexity index is 925. The van der Waals surface area contributed by atoms with Crippen LogP contribution in [0.2, 0.25) is 0 Å². The van der Waals surface area contributed by atoms with Gasteiger partial charge in [0.1, 0.15) is 11.4 Å². The van der Waals surface area contributed by atoms with Crippen LogP contribution in [-0.2, 0) is 4.79 Å². The van der Waals surface area contributed by atoms with Crippen molar-refractivity contribution in [1.29, 1.82) is 0 Å². The first-order valence-corrected chi connectivity index (χ1v) is 8.34. The van der Waals surface area contributed by atoms with Gasteiger partial charge in [-0.15, -0.1) is 0 Å². The molecule has 1 heterocycles. The van der Waals surface area contributed by atoms with Crippen molar-refractivity contribution in [2.45, 2.75) is 17.2 Å². The van der Waals surface area contributed by atoms with E-state index in [4.69, 9.17) is 0 Å². The van der Waals surface area contributed by atoms with Gasteiger partial charge in [0, 0.05) is 23.2 Å². The monoisotopic (exact) mass is 354 g/mol. The van der Waals surface area contributed by atoms with Crippen LogP contribution in [0.1, 0.15) is 6.92 Å². The summed E-state index contributed by atoms with van der Waals surface area (Å²) in [6, 6.07) is 13.3. The summed E-state index contributed by atoms with van der Waals surface area (Å²) in [5, 5.41) is 14.6. The molecule has 0 fully saturated rings. The van der Waals surface area contributed by atoms with Crippen molar-refractivity contribution < 1.29 is 9.72 Å². The quantitative estimate of drug-likeness (QED) is 0.325. The number of benzene rings is 2. The molecule has 0 aliphatic rings. The van der Waals surface area contributed by atoms with Gasteiger partial charge in [0.05, 0.1) is 15.7 Å². The number of anilines is 1. The lowest BCUT2D eigenvalue weighted by Crippen LogP contribution is -2.22. The van der Waals surface area contributed by atoms with Crippen LogP contribution in [-0.4, -0.2) is 26.0 Å². The van der Waals surface area contributed by atoms with Crippen LogP contribution in [0.15, 0.2) is 59.9 Å². The van der Waals surface area contributed by atoms with E-state index in [1.807, 2.05) is 24.3 Å². The van der Waals surface area contributed by atoms with Gasteiger partial charge >= 0.3 is 0 Å². The Labute approximate surface area is 147 Å². The van der Waals surface area contributed by atoms with E-state index >= 15 is 0 Å². The Morgan fingerprint density at radius 3 is 2.60 bits per heavy atom. The van der Waals surface area contributed by atoms with Crippen molar-refractivity contribution in [2.24, 2.45) is 0 Å². The SMILES string of the molecule is CC(Sc1ncnc2ccccc12)C(=O)Nc1ccc([N+](=O)[O-])cc1. The number of hydrogen-bond donors (Lipinski definition) is 1. The lowest BCUT2D eigenvalue weighted by atomic mass is 10.2. The Hall–Kier alpha value is -3.00. The zero-order valence-corrected chi connectivity index (χ0v) is 14.1. The van der Waals surface area contributed by atoms with Gasteiger partial charge in [0.15, 0.2) is 0 Å². The fourth-order valence-electron chi connectivity index (χ4n) is 2.21. The predicted octanol–water partition coefficient (Wildman–Crippen LogP) is 3.66. The van der Waals surface area contributed by atoms with Crippen LogP contribution < -0.4 is 5.32 Å². The van der Waals surface area contributed by atoms with Crippen LogP contribution >= 0.6 is 11.8 Å². The molecule has 25 heavy (non-hydrogen) atoms. The molecule has 0 bridgehead atoms. The van der Waals surface area contributed by atoms with Gasteiger partial charge in [-0.05, 0) is 25.1 Å². The molecular weight excluding hydrogens is 340 g/mol. The second-order valence-corrected chi connectivity index (χ2v) is 6.58. The van der Waals surface area contributed by atoms with Gasteiger partial charge in [0.2, 0.25) is 5.91 Å². The van der Waals surface area contributed by atoms with E-state index in [2.05, 4.69) is 15.3 Å². The van der Waals surface area contributed by atoms with Crippen molar-refractivity contribution >= 4 is 39.9 Å². The summed E-state index contributed by atoms with van der Waals surface area (Å²) < 4.78 is 0. The minimum Gasteiger partial charge on any atom is -0.325 e. The molecule has 0 radical (unpaired) electrons. The number of carbonyl (C=O) groups excluding carboxylic acids is 1. The highest BCUT2D eigenvalue weighted by Gasteiger charge is 2.17. The number of nitro benzene ring substituents is 1. The Kier molecular flexibility index (Phi) is 4.90. The third-order valence-electron chi connectivity index (χ3n) is 3.51. The number of nitrogens with one attached hydrogen (secondary N) is 1. The number of non-ortho nitro benzene ring substituents is 1. The van der Waals surface area contributed by atoms with Crippen LogP contribution in [0.25, 0.3) is 10.9 Å². The number of nitro groups is 1. The molecule has 8 heteroatoms. The number of aromatic nitrogens is 2. The highest BCUT2D eigenvalue weighted by atomic mass is 32.2. The fourth-order valence-corrected chi connectivity index (χ4v) is 3.11. The number of amides is 1. The summed E-state index contributed by atoms with van der Waals surface area (Å²) in [5.74, 6) is -0.207. The summed E-state index contributed by atoms with van der Waals surface area (Å²) in [7, 11) is 0. The topological polar surface area (TPSA) is 98.0 Å². The molecule has 7 nitrogen and oxygen atoms in total. The van der Waals surface area contributed by atoms with E-state index in [0.717, 1.165) is 15.9 Å². The van der Waals surface area contributed by atoms with Gasteiger partial charge in [-0.3, -0.25) is 14.9 Å². The maximum Gasteiger partial charge on any atom is 0.269 e. The Balaban J connectivity index is 1.71. The van der Waals surface area contributed by atoms with Crippen molar-refractivity contribution in [1.82, 2.24) is 9.97 Å². The highest BCUT2D eigenvalue weighted by molar-refractivity contribution is 8.00. The van der Waals surface area contributed by atoms with Gasteiger partial charge in [-0.1, -0.05) is 30.0 Å². The molecule has 1 atom stereocenters. The smallest absolute Gasteiger partial charge is 0.269 e. The largest absolute Gasteiger partial charge is 0.325 e. The first-order chi connectivity index (χ1) is 12.0. The van der Waals surface area contributed by atoms with Crippen LogP contribution in [0.3, 0.4) is 0 Å². The van der Waals surface area contributed by atoms with E-state index in [-0.39, 0.29) is 11.6 Å². The van der Waals surface area contributed by atoms with Gasteiger partial charge in [0.25, 0.3) is 5.69 Å². The minimum atomic E-state index is -0.482.